The number of hydrogen-bond donors (Lipinski definition) is 0. The van der Waals surface area contributed by atoms with Crippen molar-refractivity contribution in [1.82, 2.24) is 24.1 Å². The normalized spacial score (nSPS) is 11.6. The van der Waals surface area contributed by atoms with Crippen LogP contribution in [-0.4, -0.2) is 24.1 Å². The molecule has 3 aromatic heterocycles. The first-order valence-electron chi connectivity index (χ1n) is 16.8. The second-order valence-electron chi connectivity index (χ2n) is 12.5. The minimum absolute atomic E-state index is 0.565. The van der Waals surface area contributed by atoms with Crippen molar-refractivity contribution in [2.75, 3.05) is 0 Å². The van der Waals surface area contributed by atoms with Crippen molar-refractivity contribution < 1.29 is 0 Å². The van der Waals surface area contributed by atoms with Gasteiger partial charge in [0.15, 0.2) is 5.82 Å². The molecule has 10 rings (SSSR count). The summed E-state index contributed by atoms with van der Waals surface area (Å²) < 4.78 is 4.38. The molecular weight excluding hydrogens is 611 g/mol. The van der Waals surface area contributed by atoms with Gasteiger partial charge in [-0.3, -0.25) is 9.13 Å². The smallest absolute Gasteiger partial charge is 0.240 e. The van der Waals surface area contributed by atoms with Gasteiger partial charge < -0.3 is 0 Å². The van der Waals surface area contributed by atoms with Gasteiger partial charge >= 0.3 is 0 Å². The summed E-state index contributed by atoms with van der Waals surface area (Å²) in [6.45, 7) is 0. The number of nitrogens with zero attached hydrogens (tertiary/aromatic N) is 5. The summed E-state index contributed by atoms with van der Waals surface area (Å²) in [7, 11) is 0. The Labute approximate surface area is 288 Å². The first kappa shape index (κ1) is 28.2. The summed E-state index contributed by atoms with van der Waals surface area (Å²) >= 11 is 0. The summed E-state index contributed by atoms with van der Waals surface area (Å²) in [6.07, 6.45) is 0. The van der Waals surface area contributed by atoms with Gasteiger partial charge in [-0.05, 0) is 46.5 Å². The van der Waals surface area contributed by atoms with Crippen LogP contribution in [0.1, 0.15) is 0 Å². The van der Waals surface area contributed by atoms with Crippen LogP contribution in [0.5, 0.6) is 0 Å². The second kappa shape index (κ2) is 11.4. The van der Waals surface area contributed by atoms with E-state index in [4.69, 9.17) is 15.0 Å². The van der Waals surface area contributed by atoms with Gasteiger partial charge in [-0.2, -0.15) is 15.0 Å². The highest BCUT2D eigenvalue weighted by Gasteiger charge is 2.21. The molecule has 0 saturated heterocycles. The third-order valence-electron chi connectivity index (χ3n) is 9.61. The quantitative estimate of drug-likeness (QED) is 0.188. The number of aromatic nitrogens is 5. The third kappa shape index (κ3) is 4.52. The Balaban J connectivity index is 1.30. The lowest BCUT2D eigenvalue weighted by Gasteiger charge is -2.13. The van der Waals surface area contributed by atoms with Gasteiger partial charge in [0, 0.05) is 27.1 Å². The van der Waals surface area contributed by atoms with Crippen molar-refractivity contribution in [3.63, 3.8) is 0 Å². The Hall–Kier alpha value is -6.85. The largest absolute Gasteiger partial charge is 0.278 e. The van der Waals surface area contributed by atoms with E-state index in [0.717, 1.165) is 71.4 Å². The van der Waals surface area contributed by atoms with Crippen LogP contribution in [0.2, 0.25) is 0 Å². The van der Waals surface area contributed by atoms with Gasteiger partial charge in [-0.25, -0.2) is 0 Å². The molecule has 10 aromatic rings. The number of benzene rings is 7. The van der Waals surface area contributed by atoms with Gasteiger partial charge in [0.05, 0.1) is 22.1 Å². The van der Waals surface area contributed by atoms with E-state index < -0.39 is 0 Å². The Morgan fingerprint density at radius 1 is 0.280 bits per heavy atom. The standard InChI is InChI=1S/C45H29N5/c1-4-14-30(15-5-1)33-24-26-37-35-20-10-12-22-39(35)49(41(37)28-33)44-46-43(32-18-8-3-9-19-32)47-45(48-44)50-40-23-13-11-21-36(40)38-27-25-34(29-42(38)50)31-16-6-2-7-17-31/h1-29H. The molecule has 50 heavy (non-hydrogen) atoms. The predicted octanol–water partition coefficient (Wildman–Crippen LogP) is 11.1. The van der Waals surface area contributed by atoms with Crippen LogP contribution in [0.15, 0.2) is 176 Å². The lowest BCUT2D eigenvalue weighted by molar-refractivity contribution is 0.893. The molecule has 5 nitrogen and oxygen atoms in total. The monoisotopic (exact) mass is 639 g/mol. The zero-order valence-electron chi connectivity index (χ0n) is 27.0. The van der Waals surface area contributed by atoms with E-state index in [-0.39, 0.29) is 0 Å². The number of rotatable bonds is 5. The first-order valence-corrected chi connectivity index (χ1v) is 16.8. The molecule has 0 amide bonds. The maximum Gasteiger partial charge on any atom is 0.240 e. The number of fused-ring (bicyclic) bond motifs is 6. The van der Waals surface area contributed by atoms with Gasteiger partial charge in [0.2, 0.25) is 11.9 Å². The van der Waals surface area contributed by atoms with Crippen LogP contribution < -0.4 is 0 Å². The molecule has 5 heteroatoms. The van der Waals surface area contributed by atoms with Crippen LogP contribution in [0.4, 0.5) is 0 Å². The van der Waals surface area contributed by atoms with E-state index in [1.54, 1.807) is 0 Å². The Morgan fingerprint density at radius 2 is 0.660 bits per heavy atom. The highest BCUT2D eigenvalue weighted by atomic mass is 15.3. The summed E-state index contributed by atoms with van der Waals surface area (Å²) in [5.74, 6) is 1.74. The summed E-state index contributed by atoms with van der Waals surface area (Å²) in [5, 5.41) is 4.59. The van der Waals surface area contributed by atoms with Crippen LogP contribution in [-0.2, 0) is 0 Å². The minimum Gasteiger partial charge on any atom is -0.278 e. The molecule has 0 N–H and O–H groups in total. The van der Waals surface area contributed by atoms with Crippen LogP contribution in [0.3, 0.4) is 0 Å². The van der Waals surface area contributed by atoms with Crippen molar-refractivity contribution in [3.8, 4) is 45.5 Å². The van der Waals surface area contributed by atoms with Crippen LogP contribution in [0, 0.1) is 0 Å². The molecule has 0 bridgehead atoms. The molecule has 0 aliphatic heterocycles. The van der Waals surface area contributed by atoms with E-state index in [1.807, 2.05) is 30.3 Å². The van der Waals surface area contributed by atoms with Crippen molar-refractivity contribution >= 4 is 43.6 Å². The molecule has 234 valence electrons. The molecule has 0 spiro atoms. The van der Waals surface area contributed by atoms with Crippen LogP contribution >= 0.6 is 0 Å². The molecule has 0 fully saturated rings. The lowest BCUT2D eigenvalue weighted by Crippen LogP contribution is -2.10. The maximum atomic E-state index is 5.35. The minimum atomic E-state index is 0.565. The summed E-state index contributed by atoms with van der Waals surface area (Å²) in [4.78, 5) is 15.8. The molecule has 0 radical (unpaired) electrons. The highest BCUT2D eigenvalue weighted by Crippen LogP contribution is 2.37. The average molecular weight is 640 g/mol. The Morgan fingerprint density at radius 3 is 1.12 bits per heavy atom. The zero-order valence-corrected chi connectivity index (χ0v) is 27.0. The van der Waals surface area contributed by atoms with E-state index in [0.29, 0.717) is 17.7 Å². The molecule has 0 unspecified atom stereocenters. The Bertz CT molecular complexity index is 2680. The van der Waals surface area contributed by atoms with Gasteiger partial charge in [0.25, 0.3) is 0 Å². The fourth-order valence-corrected chi connectivity index (χ4v) is 7.26. The lowest BCUT2D eigenvalue weighted by atomic mass is 10.0. The van der Waals surface area contributed by atoms with Crippen molar-refractivity contribution in [2.24, 2.45) is 0 Å². The summed E-state index contributed by atoms with van der Waals surface area (Å²) in [5.41, 5.74) is 9.67. The van der Waals surface area contributed by atoms with Crippen molar-refractivity contribution in [3.05, 3.63) is 176 Å². The first-order chi connectivity index (χ1) is 24.8. The molecule has 0 aliphatic carbocycles. The maximum absolute atomic E-state index is 5.35. The molecule has 0 atom stereocenters. The van der Waals surface area contributed by atoms with Crippen molar-refractivity contribution in [2.45, 2.75) is 0 Å². The topological polar surface area (TPSA) is 48.5 Å². The van der Waals surface area contributed by atoms with Crippen molar-refractivity contribution in [1.29, 1.82) is 0 Å². The predicted molar refractivity (Wildman–Crippen MR) is 205 cm³/mol. The van der Waals surface area contributed by atoms with E-state index in [2.05, 4.69) is 155 Å². The Kier molecular flexibility index (Phi) is 6.42. The highest BCUT2D eigenvalue weighted by molar-refractivity contribution is 6.11. The molecular formula is C45H29N5. The fraction of sp³-hybridized carbons (Fsp3) is 0. The average Bonchev–Trinajstić information content (AvgIpc) is 3.71. The molecule has 0 aliphatic rings. The van der Waals surface area contributed by atoms with E-state index in [9.17, 15) is 0 Å². The second-order valence-corrected chi connectivity index (χ2v) is 12.5. The van der Waals surface area contributed by atoms with Gasteiger partial charge in [-0.15, -0.1) is 0 Å². The molecule has 0 saturated carbocycles. The van der Waals surface area contributed by atoms with E-state index >= 15 is 0 Å². The van der Waals surface area contributed by atoms with E-state index in [1.165, 1.54) is 0 Å². The fourth-order valence-electron chi connectivity index (χ4n) is 7.26. The zero-order chi connectivity index (χ0) is 33.0. The molecule has 3 heterocycles. The summed E-state index contributed by atoms with van der Waals surface area (Å²) in [6, 6.07) is 61.5. The van der Waals surface area contributed by atoms with Crippen LogP contribution in [0.25, 0.3) is 89.2 Å². The SMILES string of the molecule is c1ccc(-c2ccc3c4ccccc4n(-c4nc(-c5ccccc5)nc(-n5c6ccccc6c6ccc(-c7ccccc7)cc65)n4)c3c2)cc1. The third-order valence-corrected chi connectivity index (χ3v) is 9.61. The van der Waals surface area contributed by atoms with Gasteiger partial charge in [-0.1, -0.05) is 152 Å². The number of para-hydroxylation sites is 2. The van der Waals surface area contributed by atoms with Gasteiger partial charge in [0.1, 0.15) is 0 Å². The molecule has 7 aromatic carbocycles. The number of hydrogen-bond acceptors (Lipinski definition) is 3.